The Hall–Kier alpha value is -2.34. The van der Waals surface area contributed by atoms with Gasteiger partial charge in [0.05, 0.1) is 11.9 Å². The molecule has 6 heteroatoms. The van der Waals surface area contributed by atoms with E-state index in [4.69, 9.17) is 0 Å². The van der Waals surface area contributed by atoms with Crippen LogP contribution >= 0.6 is 0 Å². The highest BCUT2D eigenvalue weighted by atomic mass is 32.2. The molecule has 1 atom stereocenters. The van der Waals surface area contributed by atoms with Gasteiger partial charge in [0.1, 0.15) is 6.04 Å². The Morgan fingerprint density at radius 2 is 1.70 bits per heavy atom. The van der Waals surface area contributed by atoms with Gasteiger partial charge in [0.2, 0.25) is 15.9 Å². The first-order chi connectivity index (χ1) is 12.8. The van der Waals surface area contributed by atoms with Crippen molar-refractivity contribution in [3.05, 3.63) is 65.7 Å². The lowest BCUT2D eigenvalue weighted by molar-refractivity contribution is -0.122. The van der Waals surface area contributed by atoms with Gasteiger partial charge >= 0.3 is 0 Å². The van der Waals surface area contributed by atoms with E-state index < -0.39 is 16.1 Å². The van der Waals surface area contributed by atoms with Crippen LogP contribution in [0.25, 0.3) is 0 Å². The number of hydrogen-bond donors (Lipinski definition) is 1. The van der Waals surface area contributed by atoms with Gasteiger partial charge in [-0.2, -0.15) is 0 Å². The van der Waals surface area contributed by atoms with E-state index in [1.54, 1.807) is 12.1 Å². The van der Waals surface area contributed by atoms with Crippen molar-refractivity contribution < 1.29 is 13.2 Å². The summed E-state index contributed by atoms with van der Waals surface area (Å²) in [5.74, 6) is -0.267. The zero-order valence-electron chi connectivity index (χ0n) is 16.2. The van der Waals surface area contributed by atoms with E-state index in [1.165, 1.54) is 9.87 Å². The zero-order chi connectivity index (χ0) is 19.9. The number of amides is 1. The fourth-order valence-corrected chi connectivity index (χ4v) is 4.23. The minimum absolute atomic E-state index is 0.267. The summed E-state index contributed by atoms with van der Waals surface area (Å²) < 4.78 is 26.0. The van der Waals surface area contributed by atoms with Crippen molar-refractivity contribution in [2.45, 2.75) is 39.2 Å². The standard InChI is InChI=1S/C21H28N2O3S/c1-4-20(21(24)22-16-8-11-18-9-6-5-7-10-18)23(27(3,25)26)19-14-12-17(2)13-15-19/h5-7,9-10,12-15,20H,4,8,11,16H2,1-3H3,(H,22,24)/t20-/m0/s1. The lowest BCUT2D eigenvalue weighted by atomic mass is 10.1. The van der Waals surface area contributed by atoms with E-state index in [2.05, 4.69) is 17.4 Å². The molecule has 1 N–H and O–H groups in total. The number of carbonyl (C=O) groups is 1. The molecule has 0 unspecified atom stereocenters. The van der Waals surface area contributed by atoms with Crippen LogP contribution in [0, 0.1) is 6.92 Å². The topological polar surface area (TPSA) is 66.5 Å². The third kappa shape index (κ3) is 6.10. The van der Waals surface area contributed by atoms with Crippen molar-refractivity contribution in [1.29, 1.82) is 0 Å². The summed E-state index contributed by atoms with van der Waals surface area (Å²) in [5.41, 5.74) is 2.76. The number of carbonyl (C=O) groups excluding carboxylic acids is 1. The largest absolute Gasteiger partial charge is 0.354 e. The predicted molar refractivity (Wildman–Crippen MR) is 110 cm³/mol. The molecule has 0 aliphatic rings. The smallest absolute Gasteiger partial charge is 0.243 e. The van der Waals surface area contributed by atoms with Gasteiger partial charge in [-0.05, 0) is 43.9 Å². The maximum Gasteiger partial charge on any atom is 0.243 e. The molecule has 5 nitrogen and oxygen atoms in total. The number of sulfonamides is 1. The van der Waals surface area contributed by atoms with Gasteiger partial charge in [0, 0.05) is 6.54 Å². The number of nitrogens with one attached hydrogen (secondary N) is 1. The highest BCUT2D eigenvalue weighted by Crippen LogP contribution is 2.23. The van der Waals surface area contributed by atoms with Crippen molar-refractivity contribution in [1.82, 2.24) is 5.32 Å². The lowest BCUT2D eigenvalue weighted by Gasteiger charge is -2.30. The molecule has 0 fully saturated rings. The second kappa shape index (κ2) is 9.55. The molecule has 0 aromatic heterocycles. The number of hydrogen-bond acceptors (Lipinski definition) is 3. The average molecular weight is 389 g/mol. The molecule has 0 saturated carbocycles. The molecule has 0 aliphatic carbocycles. The second-order valence-corrected chi connectivity index (χ2v) is 8.56. The van der Waals surface area contributed by atoms with Gasteiger partial charge < -0.3 is 5.32 Å². The average Bonchev–Trinajstić information content (AvgIpc) is 2.64. The Bertz CT molecular complexity index is 833. The molecule has 2 aromatic carbocycles. The molecule has 146 valence electrons. The fraction of sp³-hybridized carbons (Fsp3) is 0.381. The molecule has 1 amide bonds. The fourth-order valence-electron chi connectivity index (χ4n) is 3.02. The molecule has 0 bridgehead atoms. The van der Waals surface area contributed by atoms with Gasteiger partial charge in [-0.1, -0.05) is 55.0 Å². The van der Waals surface area contributed by atoms with Crippen LogP contribution in [0.4, 0.5) is 5.69 Å². The van der Waals surface area contributed by atoms with Gasteiger partial charge in [-0.25, -0.2) is 8.42 Å². The molecule has 0 saturated heterocycles. The third-order valence-electron chi connectivity index (χ3n) is 4.40. The first-order valence-electron chi connectivity index (χ1n) is 9.20. The summed E-state index contributed by atoms with van der Waals surface area (Å²) in [4.78, 5) is 12.7. The van der Waals surface area contributed by atoms with E-state index >= 15 is 0 Å². The summed E-state index contributed by atoms with van der Waals surface area (Å²) >= 11 is 0. The molecule has 2 rings (SSSR count). The Labute approximate surface area is 162 Å². The van der Waals surface area contributed by atoms with E-state index in [0.717, 1.165) is 24.7 Å². The van der Waals surface area contributed by atoms with Crippen molar-refractivity contribution in [3.63, 3.8) is 0 Å². The van der Waals surface area contributed by atoms with Crippen LogP contribution in [0.1, 0.15) is 30.9 Å². The quantitative estimate of drug-likeness (QED) is 0.671. The third-order valence-corrected chi connectivity index (χ3v) is 5.58. The highest BCUT2D eigenvalue weighted by molar-refractivity contribution is 7.92. The summed E-state index contributed by atoms with van der Waals surface area (Å²) in [7, 11) is -3.59. The molecule has 0 radical (unpaired) electrons. The summed E-state index contributed by atoms with van der Waals surface area (Å²) in [6.45, 7) is 4.27. The first kappa shape index (κ1) is 21.0. The summed E-state index contributed by atoms with van der Waals surface area (Å²) in [6, 6.07) is 16.5. The highest BCUT2D eigenvalue weighted by Gasteiger charge is 2.31. The van der Waals surface area contributed by atoms with Crippen LogP contribution in [-0.2, 0) is 21.2 Å². The monoisotopic (exact) mass is 388 g/mol. The van der Waals surface area contributed by atoms with E-state index in [1.807, 2.05) is 44.2 Å². The number of anilines is 1. The van der Waals surface area contributed by atoms with Crippen LogP contribution in [-0.4, -0.2) is 33.2 Å². The lowest BCUT2D eigenvalue weighted by Crippen LogP contribution is -2.49. The van der Waals surface area contributed by atoms with Gasteiger partial charge in [0.15, 0.2) is 0 Å². The Morgan fingerprint density at radius 3 is 2.26 bits per heavy atom. The Balaban J connectivity index is 2.04. The second-order valence-electron chi connectivity index (χ2n) is 6.70. The number of rotatable bonds is 9. The Morgan fingerprint density at radius 1 is 1.07 bits per heavy atom. The molecule has 2 aromatic rings. The SMILES string of the molecule is CC[C@@H](C(=O)NCCCc1ccccc1)N(c1ccc(C)cc1)S(C)(=O)=O. The molecule has 0 aliphatic heterocycles. The van der Waals surface area contributed by atoms with Crippen LogP contribution in [0.15, 0.2) is 54.6 Å². The normalized spacial score (nSPS) is 12.4. The Kier molecular flexibility index (Phi) is 7.42. The predicted octanol–water partition coefficient (Wildman–Crippen LogP) is 3.29. The molecular formula is C21H28N2O3S. The molecular weight excluding hydrogens is 360 g/mol. The van der Waals surface area contributed by atoms with Crippen LogP contribution < -0.4 is 9.62 Å². The van der Waals surface area contributed by atoms with Crippen molar-refractivity contribution in [2.75, 3.05) is 17.1 Å². The van der Waals surface area contributed by atoms with Gasteiger partial charge in [-0.3, -0.25) is 9.10 Å². The van der Waals surface area contributed by atoms with Crippen LogP contribution in [0.3, 0.4) is 0 Å². The minimum Gasteiger partial charge on any atom is -0.354 e. The molecule has 27 heavy (non-hydrogen) atoms. The summed E-state index contributed by atoms with van der Waals surface area (Å²) in [5, 5.41) is 2.89. The van der Waals surface area contributed by atoms with Crippen LogP contribution in [0.5, 0.6) is 0 Å². The minimum atomic E-state index is -3.59. The number of benzene rings is 2. The zero-order valence-corrected chi connectivity index (χ0v) is 17.0. The van der Waals surface area contributed by atoms with Gasteiger partial charge in [-0.15, -0.1) is 0 Å². The van der Waals surface area contributed by atoms with E-state index in [9.17, 15) is 13.2 Å². The number of aryl methyl sites for hydroxylation is 2. The van der Waals surface area contributed by atoms with Crippen molar-refractivity contribution in [2.24, 2.45) is 0 Å². The van der Waals surface area contributed by atoms with Crippen molar-refractivity contribution in [3.8, 4) is 0 Å². The van der Waals surface area contributed by atoms with E-state index in [0.29, 0.717) is 18.7 Å². The number of nitrogens with zero attached hydrogens (tertiary/aromatic N) is 1. The molecule has 0 spiro atoms. The van der Waals surface area contributed by atoms with Crippen molar-refractivity contribution >= 4 is 21.6 Å². The maximum atomic E-state index is 12.7. The maximum absolute atomic E-state index is 12.7. The van der Waals surface area contributed by atoms with Crippen LogP contribution in [0.2, 0.25) is 0 Å². The summed E-state index contributed by atoms with van der Waals surface area (Å²) in [6.07, 6.45) is 3.20. The first-order valence-corrected chi connectivity index (χ1v) is 11.1. The van der Waals surface area contributed by atoms with E-state index in [-0.39, 0.29) is 5.91 Å². The van der Waals surface area contributed by atoms with Gasteiger partial charge in [0.25, 0.3) is 0 Å². The molecule has 0 heterocycles.